The van der Waals surface area contributed by atoms with Gasteiger partial charge >= 0.3 is 0 Å². The molecule has 2 unspecified atom stereocenters. The molecule has 1 fully saturated rings. The predicted molar refractivity (Wildman–Crippen MR) is 65.2 cm³/mol. The van der Waals surface area contributed by atoms with Crippen LogP contribution >= 0.6 is 0 Å². The molecule has 3 N–H and O–H groups in total. The average Bonchev–Trinajstić information content (AvgIpc) is 2.76. The van der Waals surface area contributed by atoms with Crippen LogP contribution in [0, 0.1) is 0 Å². The lowest BCUT2D eigenvalue weighted by molar-refractivity contribution is -0.0441. The Hall–Kier alpha value is -0.960. The summed E-state index contributed by atoms with van der Waals surface area (Å²) >= 11 is 0. The molecule has 2 rings (SSSR count). The lowest BCUT2D eigenvalue weighted by Crippen LogP contribution is -2.48. The Balaban J connectivity index is 2.31. The zero-order chi connectivity index (χ0) is 13.3. The molecule has 2 atom stereocenters. The maximum Gasteiger partial charge on any atom is 0.260 e. The molecule has 0 bridgehead atoms. The summed E-state index contributed by atoms with van der Waals surface area (Å²) in [6.45, 7) is 4.54. The van der Waals surface area contributed by atoms with E-state index in [9.17, 15) is 8.42 Å². The van der Waals surface area contributed by atoms with Crippen molar-refractivity contribution in [3.63, 3.8) is 0 Å². The Bertz CT molecular complexity index is 503. The van der Waals surface area contributed by atoms with E-state index >= 15 is 0 Å². The van der Waals surface area contributed by atoms with Crippen LogP contribution in [0.2, 0.25) is 0 Å². The maximum atomic E-state index is 12.5. The number of rotatable bonds is 3. The highest BCUT2D eigenvalue weighted by Gasteiger charge is 2.34. The number of nitrogens with two attached hydrogens (primary N) is 1. The van der Waals surface area contributed by atoms with Crippen LogP contribution in [0.1, 0.15) is 19.4 Å². The molecule has 1 aliphatic rings. The summed E-state index contributed by atoms with van der Waals surface area (Å²) < 4.78 is 31.9. The molecule has 0 aliphatic carbocycles. The van der Waals surface area contributed by atoms with E-state index in [4.69, 9.17) is 10.5 Å². The number of hydrogen-bond donors (Lipinski definition) is 2. The number of H-pyrrole nitrogens is 1. The number of ether oxygens (including phenoxy) is 1. The molecule has 0 saturated carbocycles. The second-order valence-electron chi connectivity index (χ2n) is 4.51. The summed E-state index contributed by atoms with van der Waals surface area (Å²) in [5.41, 5.74) is 6.01. The van der Waals surface area contributed by atoms with Gasteiger partial charge in [-0.2, -0.15) is 9.40 Å². The van der Waals surface area contributed by atoms with Crippen molar-refractivity contribution >= 4 is 10.0 Å². The van der Waals surface area contributed by atoms with Crippen molar-refractivity contribution in [3.8, 4) is 0 Å². The molecule has 1 aliphatic heterocycles. The summed E-state index contributed by atoms with van der Waals surface area (Å²) in [5.74, 6) is 0. The minimum Gasteiger partial charge on any atom is -0.373 e. The van der Waals surface area contributed by atoms with Gasteiger partial charge in [0.1, 0.15) is 0 Å². The van der Waals surface area contributed by atoms with Crippen LogP contribution in [0.15, 0.2) is 11.2 Å². The van der Waals surface area contributed by atoms with Gasteiger partial charge in [-0.3, -0.25) is 5.10 Å². The molecule has 2 heterocycles. The zero-order valence-corrected chi connectivity index (χ0v) is 11.3. The van der Waals surface area contributed by atoms with Gasteiger partial charge in [0.15, 0.2) is 5.03 Å². The van der Waals surface area contributed by atoms with Crippen LogP contribution in [-0.4, -0.2) is 48.2 Å². The van der Waals surface area contributed by atoms with Crippen LogP contribution < -0.4 is 5.73 Å². The van der Waals surface area contributed by atoms with Crippen molar-refractivity contribution in [2.24, 2.45) is 5.73 Å². The van der Waals surface area contributed by atoms with Crippen molar-refractivity contribution in [2.75, 3.05) is 13.1 Å². The standard InChI is InChI=1S/C10H18N4O3S/c1-7-5-14(6-8(2)17-7)18(15,16)10-9(3-11)4-12-13-10/h4,7-8H,3,5-6,11H2,1-2H3,(H,12,13). The second-order valence-corrected chi connectivity index (χ2v) is 6.38. The first-order chi connectivity index (χ1) is 8.45. The third-order valence-electron chi connectivity index (χ3n) is 2.88. The van der Waals surface area contributed by atoms with Gasteiger partial charge in [0.2, 0.25) is 0 Å². The number of hydrogen-bond acceptors (Lipinski definition) is 5. The first-order valence-corrected chi connectivity index (χ1v) is 7.27. The number of aromatic nitrogens is 2. The van der Waals surface area contributed by atoms with Gasteiger partial charge in [-0.05, 0) is 13.8 Å². The third-order valence-corrected chi connectivity index (χ3v) is 4.73. The van der Waals surface area contributed by atoms with Crippen molar-refractivity contribution in [1.29, 1.82) is 0 Å². The molecule has 102 valence electrons. The van der Waals surface area contributed by atoms with E-state index < -0.39 is 10.0 Å². The number of morpholine rings is 1. The molecule has 18 heavy (non-hydrogen) atoms. The SMILES string of the molecule is CC1CN(S(=O)(=O)c2[nH]ncc2CN)CC(C)O1. The topological polar surface area (TPSA) is 101 Å². The van der Waals surface area contributed by atoms with Crippen LogP contribution in [0.3, 0.4) is 0 Å². The molecule has 8 heteroatoms. The highest BCUT2D eigenvalue weighted by molar-refractivity contribution is 7.89. The molecule has 7 nitrogen and oxygen atoms in total. The van der Waals surface area contributed by atoms with Crippen molar-refractivity contribution < 1.29 is 13.2 Å². The molecule has 0 aromatic carbocycles. The first kappa shape index (κ1) is 13.5. The Morgan fingerprint density at radius 2 is 2.11 bits per heavy atom. The van der Waals surface area contributed by atoms with E-state index in [1.807, 2.05) is 13.8 Å². The van der Waals surface area contributed by atoms with Crippen molar-refractivity contribution in [2.45, 2.75) is 37.6 Å². The van der Waals surface area contributed by atoms with E-state index in [0.29, 0.717) is 18.7 Å². The van der Waals surface area contributed by atoms with Gasteiger partial charge in [-0.15, -0.1) is 0 Å². The molecule has 1 aromatic heterocycles. The maximum absolute atomic E-state index is 12.5. The first-order valence-electron chi connectivity index (χ1n) is 5.83. The molecular formula is C10H18N4O3S. The minimum atomic E-state index is -3.57. The zero-order valence-electron chi connectivity index (χ0n) is 10.5. The van der Waals surface area contributed by atoms with Gasteiger partial charge in [0.05, 0.1) is 18.4 Å². The van der Waals surface area contributed by atoms with Gasteiger partial charge < -0.3 is 10.5 Å². The Kier molecular flexibility index (Phi) is 3.71. The van der Waals surface area contributed by atoms with Gasteiger partial charge in [-0.25, -0.2) is 8.42 Å². The fraction of sp³-hybridized carbons (Fsp3) is 0.700. The predicted octanol–water partition coefficient (Wildman–Crippen LogP) is -0.334. The molecular weight excluding hydrogens is 256 g/mol. The number of nitrogens with zero attached hydrogens (tertiary/aromatic N) is 2. The Morgan fingerprint density at radius 1 is 1.50 bits per heavy atom. The number of nitrogens with one attached hydrogen (secondary N) is 1. The Morgan fingerprint density at radius 3 is 2.67 bits per heavy atom. The Labute approximate surface area is 106 Å². The molecule has 1 aromatic rings. The lowest BCUT2D eigenvalue weighted by Gasteiger charge is -2.34. The highest BCUT2D eigenvalue weighted by Crippen LogP contribution is 2.21. The van der Waals surface area contributed by atoms with Crippen LogP contribution in [0.4, 0.5) is 0 Å². The van der Waals surface area contributed by atoms with Gasteiger partial charge in [0.25, 0.3) is 10.0 Å². The lowest BCUT2D eigenvalue weighted by atomic mass is 10.3. The molecule has 1 saturated heterocycles. The van der Waals surface area contributed by atoms with Crippen LogP contribution in [-0.2, 0) is 21.3 Å². The van der Waals surface area contributed by atoms with Crippen molar-refractivity contribution in [3.05, 3.63) is 11.8 Å². The number of sulfonamides is 1. The van der Waals surface area contributed by atoms with Crippen LogP contribution in [0.25, 0.3) is 0 Å². The second kappa shape index (κ2) is 4.96. The van der Waals surface area contributed by atoms with Crippen LogP contribution in [0.5, 0.6) is 0 Å². The summed E-state index contributed by atoms with van der Waals surface area (Å²) in [6.07, 6.45) is 1.21. The van der Waals surface area contributed by atoms with E-state index in [1.54, 1.807) is 0 Å². The molecule has 0 radical (unpaired) electrons. The quantitative estimate of drug-likeness (QED) is 0.785. The monoisotopic (exact) mass is 274 g/mol. The summed E-state index contributed by atoms with van der Waals surface area (Å²) in [7, 11) is -3.57. The number of aromatic amines is 1. The summed E-state index contributed by atoms with van der Waals surface area (Å²) in [6, 6.07) is 0. The summed E-state index contributed by atoms with van der Waals surface area (Å²) in [5, 5.41) is 6.36. The van der Waals surface area contributed by atoms with E-state index in [1.165, 1.54) is 10.5 Å². The normalized spacial score (nSPS) is 26.4. The summed E-state index contributed by atoms with van der Waals surface area (Å²) in [4.78, 5) is 0. The van der Waals surface area contributed by atoms with E-state index in [0.717, 1.165) is 0 Å². The van der Waals surface area contributed by atoms with Gasteiger partial charge in [0, 0.05) is 25.2 Å². The van der Waals surface area contributed by atoms with Crippen molar-refractivity contribution in [1.82, 2.24) is 14.5 Å². The smallest absolute Gasteiger partial charge is 0.260 e. The van der Waals surface area contributed by atoms with Gasteiger partial charge in [-0.1, -0.05) is 0 Å². The van der Waals surface area contributed by atoms with E-state index in [2.05, 4.69) is 10.2 Å². The fourth-order valence-corrected chi connectivity index (χ4v) is 3.83. The minimum absolute atomic E-state index is 0.0892. The fourth-order valence-electron chi connectivity index (χ4n) is 2.12. The molecule has 0 spiro atoms. The highest BCUT2D eigenvalue weighted by atomic mass is 32.2. The largest absolute Gasteiger partial charge is 0.373 e. The third kappa shape index (κ3) is 2.41. The molecule has 0 amide bonds. The average molecular weight is 274 g/mol. The van der Waals surface area contributed by atoms with E-state index in [-0.39, 0.29) is 23.8 Å².